The molecule has 138 valence electrons. The third-order valence-electron chi connectivity index (χ3n) is 4.72. The van der Waals surface area contributed by atoms with Gasteiger partial charge in [-0.05, 0) is 67.1 Å². The third-order valence-corrected chi connectivity index (χ3v) is 6.12. The van der Waals surface area contributed by atoms with Gasteiger partial charge in [0, 0.05) is 17.3 Å². The second kappa shape index (κ2) is 7.50. The van der Waals surface area contributed by atoms with E-state index in [9.17, 15) is 13.2 Å². The molecule has 5 nitrogen and oxygen atoms in total. The highest BCUT2D eigenvalue weighted by molar-refractivity contribution is 7.92. The largest absolute Gasteiger partial charge is 0.326 e. The fourth-order valence-electron chi connectivity index (χ4n) is 2.64. The molecular formula is C20H24N2O3S. The summed E-state index contributed by atoms with van der Waals surface area (Å²) in [6, 6.07) is 13.7. The summed E-state index contributed by atoms with van der Waals surface area (Å²) in [7, 11) is -3.64. The minimum Gasteiger partial charge on any atom is -0.326 e. The maximum atomic E-state index is 12.5. The molecule has 0 aromatic heterocycles. The predicted molar refractivity (Wildman–Crippen MR) is 104 cm³/mol. The molecule has 2 aromatic rings. The van der Waals surface area contributed by atoms with Gasteiger partial charge in [0.25, 0.3) is 10.0 Å². The van der Waals surface area contributed by atoms with Crippen LogP contribution in [0.1, 0.15) is 44.6 Å². The van der Waals surface area contributed by atoms with E-state index in [2.05, 4.69) is 23.9 Å². The molecule has 0 saturated heterocycles. The van der Waals surface area contributed by atoms with Crippen LogP contribution in [0.3, 0.4) is 0 Å². The summed E-state index contributed by atoms with van der Waals surface area (Å²) in [4.78, 5) is 12.0. The monoisotopic (exact) mass is 372 g/mol. The minimum absolute atomic E-state index is 0.0275. The van der Waals surface area contributed by atoms with Crippen molar-refractivity contribution >= 4 is 27.3 Å². The molecule has 0 spiro atoms. The molecule has 0 bridgehead atoms. The Morgan fingerprint density at radius 3 is 2.15 bits per heavy atom. The molecule has 26 heavy (non-hydrogen) atoms. The van der Waals surface area contributed by atoms with Crippen molar-refractivity contribution in [1.82, 2.24) is 0 Å². The van der Waals surface area contributed by atoms with Gasteiger partial charge in [-0.15, -0.1) is 0 Å². The van der Waals surface area contributed by atoms with E-state index >= 15 is 0 Å². The number of nitrogens with one attached hydrogen (secondary N) is 2. The van der Waals surface area contributed by atoms with E-state index in [4.69, 9.17) is 0 Å². The molecule has 6 heteroatoms. The zero-order valence-corrected chi connectivity index (χ0v) is 15.8. The number of carbonyl (C=O) groups excluding carboxylic acids is 1. The lowest BCUT2D eigenvalue weighted by molar-refractivity contribution is -0.117. The Labute approximate surface area is 154 Å². The Balaban J connectivity index is 1.67. The number of rotatable bonds is 7. The molecule has 1 atom stereocenters. The Kier molecular flexibility index (Phi) is 5.32. The van der Waals surface area contributed by atoms with Crippen LogP contribution in [0.15, 0.2) is 53.4 Å². The van der Waals surface area contributed by atoms with Gasteiger partial charge in [0.2, 0.25) is 5.91 Å². The van der Waals surface area contributed by atoms with E-state index in [-0.39, 0.29) is 16.7 Å². The SMILES string of the molecule is CCC(C)c1ccc(S(=O)(=O)Nc2ccc(NC(=O)C3CC3)cc2)cc1. The molecule has 0 radical (unpaired) electrons. The average molecular weight is 372 g/mol. The fourth-order valence-corrected chi connectivity index (χ4v) is 3.70. The summed E-state index contributed by atoms with van der Waals surface area (Å²) in [5.74, 6) is 0.560. The van der Waals surface area contributed by atoms with Crippen molar-refractivity contribution in [2.45, 2.75) is 43.9 Å². The highest BCUT2D eigenvalue weighted by Crippen LogP contribution is 2.30. The summed E-state index contributed by atoms with van der Waals surface area (Å²) in [6.07, 6.45) is 2.90. The molecule has 1 amide bonds. The smallest absolute Gasteiger partial charge is 0.261 e. The molecule has 1 saturated carbocycles. The van der Waals surface area contributed by atoms with Gasteiger partial charge in [0.05, 0.1) is 4.90 Å². The summed E-state index contributed by atoms with van der Waals surface area (Å²) in [5.41, 5.74) is 2.25. The van der Waals surface area contributed by atoms with E-state index in [0.29, 0.717) is 17.3 Å². The van der Waals surface area contributed by atoms with Crippen LogP contribution in [0.2, 0.25) is 0 Å². The van der Waals surface area contributed by atoms with Crippen LogP contribution in [0, 0.1) is 5.92 Å². The molecule has 0 heterocycles. The van der Waals surface area contributed by atoms with Crippen molar-refractivity contribution in [2.75, 3.05) is 10.0 Å². The first-order chi connectivity index (χ1) is 12.4. The van der Waals surface area contributed by atoms with Crippen molar-refractivity contribution in [3.05, 3.63) is 54.1 Å². The second-order valence-corrected chi connectivity index (χ2v) is 8.51. The van der Waals surface area contributed by atoms with Gasteiger partial charge in [-0.25, -0.2) is 8.42 Å². The van der Waals surface area contributed by atoms with E-state index < -0.39 is 10.0 Å². The number of sulfonamides is 1. The Morgan fingerprint density at radius 1 is 1.04 bits per heavy atom. The zero-order chi connectivity index (χ0) is 18.7. The number of carbonyl (C=O) groups is 1. The number of hydrogen-bond acceptors (Lipinski definition) is 3. The lowest BCUT2D eigenvalue weighted by Gasteiger charge is -2.12. The number of benzene rings is 2. The molecule has 2 N–H and O–H groups in total. The van der Waals surface area contributed by atoms with Crippen LogP contribution in [-0.2, 0) is 14.8 Å². The van der Waals surface area contributed by atoms with Crippen LogP contribution in [0.25, 0.3) is 0 Å². The molecule has 0 aliphatic heterocycles. The lowest BCUT2D eigenvalue weighted by Crippen LogP contribution is -2.14. The number of anilines is 2. The van der Waals surface area contributed by atoms with E-state index in [0.717, 1.165) is 24.8 Å². The first-order valence-electron chi connectivity index (χ1n) is 8.92. The third kappa shape index (κ3) is 4.43. The van der Waals surface area contributed by atoms with Crippen molar-refractivity contribution in [3.8, 4) is 0 Å². The van der Waals surface area contributed by atoms with Gasteiger partial charge in [0.15, 0.2) is 0 Å². The Bertz CT molecular complexity index is 870. The second-order valence-electron chi connectivity index (χ2n) is 6.82. The quantitative estimate of drug-likeness (QED) is 0.759. The topological polar surface area (TPSA) is 75.3 Å². The van der Waals surface area contributed by atoms with E-state index in [1.54, 1.807) is 36.4 Å². The van der Waals surface area contributed by atoms with Crippen LogP contribution >= 0.6 is 0 Å². The molecule has 1 fully saturated rings. The van der Waals surface area contributed by atoms with Gasteiger partial charge < -0.3 is 5.32 Å². The predicted octanol–water partition coefficient (Wildman–Crippen LogP) is 4.35. The molecule has 2 aromatic carbocycles. The molecular weight excluding hydrogens is 348 g/mol. The zero-order valence-electron chi connectivity index (χ0n) is 15.0. The minimum atomic E-state index is -3.64. The molecule has 3 rings (SSSR count). The van der Waals surface area contributed by atoms with Crippen LogP contribution in [-0.4, -0.2) is 14.3 Å². The van der Waals surface area contributed by atoms with Crippen molar-refractivity contribution in [1.29, 1.82) is 0 Å². The van der Waals surface area contributed by atoms with Gasteiger partial charge in [-0.1, -0.05) is 26.0 Å². The Morgan fingerprint density at radius 2 is 1.62 bits per heavy atom. The standard InChI is InChI=1S/C20H24N2O3S/c1-3-14(2)15-6-12-19(13-7-15)26(24,25)22-18-10-8-17(9-11-18)21-20(23)16-4-5-16/h6-14,16,22H,3-5H2,1-2H3,(H,21,23). The van der Waals surface area contributed by atoms with Crippen molar-refractivity contribution in [3.63, 3.8) is 0 Å². The maximum Gasteiger partial charge on any atom is 0.261 e. The first-order valence-corrected chi connectivity index (χ1v) is 10.4. The highest BCUT2D eigenvalue weighted by atomic mass is 32.2. The van der Waals surface area contributed by atoms with Crippen molar-refractivity contribution in [2.24, 2.45) is 5.92 Å². The van der Waals surface area contributed by atoms with Crippen molar-refractivity contribution < 1.29 is 13.2 Å². The summed E-state index contributed by atoms with van der Waals surface area (Å²) >= 11 is 0. The number of amides is 1. The van der Waals surface area contributed by atoms with E-state index in [1.807, 2.05) is 12.1 Å². The molecule has 1 aliphatic rings. The first kappa shape index (κ1) is 18.5. The van der Waals surface area contributed by atoms with E-state index in [1.165, 1.54) is 0 Å². The average Bonchev–Trinajstić information content (AvgIpc) is 3.48. The summed E-state index contributed by atoms with van der Waals surface area (Å²) in [5, 5.41) is 2.83. The van der Waals surface area contributed by atoms with Crippen LogP contribution < -0.4 is 10.0 Å². The molecule has 1 aliphatic carbocycles. The van der Waals surface area contributed by atoms with Crippen LogP contribution in [0.5, 0.6) is 0 Å². The normalized spacial score (nSPS) is 15.3. The van der Waals surface area contributed by atoms with Gasteiger partial charge in [0.1, 0.15) is 0 Å². The highest BCUT2D eigenvalue weighted by Gasteiger charge is 2.29. The summed E-state index contributed by atoms with van der Waals surface area (Å²) in [6.45, 7) is 4.22. The fraction of sp³-hybridized carbons (Fsp3) is 0.350. The van der Waals surface area contributed by atoms with Crippen LogP contribution in [0.4, 0.5) is 11.4 Å². The Hall–Kier alpha value is -2.34. The maximum absolute atomic E-state index is 12.5. The molecule has 1 unspecified atom stereocenters. The number of hydrogen-bond donors (Lipinski definition) is 2. The van der Waals surface area contributed by atoms with Gasteiger partial charge in [-0.2, -0.15) is 0 Å². The summed E-state index contributed by atoms with van der Waals surface area (Å²) < 4.78 is 27.6. The van der Waals surface area contributed by atoms with Gasteiger partial charge >= 0.3 is 0 Å². The van der Waals surface area contributed by atoms with Gasteiger partial charge in [-0.3, -0.25) is 9.52 Å². The lowest BCUT2D eigenvalue weighted by atomic mass is 9.99.